The van der Waals surface area contributed by atoms with E-state index in [0.29, 0.717) is 32.7 Å². The first kappa shape index (κ1) is 20.9. The topological polar surface area (TPSA) is 45.7 Å². The van der Waals surface area contributed by atoms with E-state index in [2.05, 4.69) is 52.4 Å². The second kappa shape index (κ2) is 9.23. The summed E-state index contributed by atoms with van der Waals surface area (Å²) in [5.41, 5.74) is 2.70. The SMILES string of the molecule is O=C1N(CCc2ccccc2)CC=CC[C@@]12CN(Cc1ccnc3ccccc13)CCO2. The molecule has 3 heterocycles. The smallest absolute Gasteiger partial charge is 0.256 e. The van der Waals surface area contributed by atoms with Crippen molar-refractivity contribution in [2.24, 2.45) is 0 Å². The molecule has 0 unspecified atom stereocenters. The van der Waals surface area contributed by atoms with Gasteiger partial charge in [-0.3, -0.25) is 14.7 Å². The zero-order valence-electron chi connectivity index (χ0n) is 18.3. The Morgan fingerprint density at radius 2 is 1.84 bits per heavy atom. The lowest BCUT2D eigenvalue weighted by Crippen LogP contribution is -2.60. The van der Waals surface area contributed by atoms with Gasteiger partial charge in [0.05, 0.1) is 12.1 Å². The Morgan fingerprint density at radius 3 is 2.75 bits per heavy atom. The maximum Gasteiger partial charge on any atom is 0.256 e. The Morgan fingerprint density at radius 1 is 1.00 bits per heavy atom. The standard InChI is InChI=1S/C27H29N3O2/c31-26-27(14-6-7-16-30(26)17-13-22-8-2-1-3-9-22)21-29(18-19-32-27)20-23-12-15-28-25-11-5-4-10-24(23)25/h1-12,15H,13-14,16-21H2/t27-/m1/s1. The second-order valence-corrected chi connectivity index (χ2v) is 8.70. The molecule has 1 spiro atoms. The largest absolute Gasteiger partial charge is 0.362 e. The molecule has 0 N–H and O–H groups in total. The number of para-hydroxylation sites is 1. The Labute approximate surface area is 189 Å². The summed E-state index contributed by atoms with van der Waals surface area (Å²) >= 11 is 0. The number of hydrogen-bond acceptors (Lipinski definition) is 4. The van der Waals surface area contributed by atoms with Crippen LogP contribution in [0.4, 0.5) is 0 Å². The molecular formula is C27H29N3O2. The molecular weight excluding hydrogens is 398 g/mol. The highest BCUT2D eigenvalue weighted by molar-refractivity contribution is 5.86. The van der Waals surface area contributed by atoms with Crippen molar-refractivity contribution in [1.82, 2.24) is 14.8 Å². The van der Waals surface area contributed by atoms with Gasteiger partial charge in [0, 0.05) is 50.7 Å². The Hall–Kier alpha value is -3.02. The highest BCUT2D eigenvalue weighted by Crippen LogP contribution is 2.29. The highest BCUT2D eigenvalue weighted by atomic mass is 16.5. The van der Waals surface area contributed by atoms with Crippen LogP contribution in [0, 0.1) is 0 Å². The first-order valence-electron chi connectivity index (χ1n) is 11.4. The number of pyridine rings is 1. The number of morpholine rings is 1. The van der Waals surface area contributed by atoms with E-state index in [1.807, 2.05) is 41.4 Å². The van der Waals surface area contributed by atoms with Gasteiger partial charge in [-0.25, -0.2) is 0 Å². The minimum atomic E-state index is -0.801. The van der Waals surface area contributed by atoms with Crippen molar-refractivity contribution in [3.8, 4) is 0 Å². The van der Waals surface area contributed by atoms with Crippen molar-refractivity contribution in [3.05, 3.63) is 90.1 Å². The average molecular weight is 428 g/mol. The van der Waals surface area contributed by atoms with E-state index in [0.717, 1.165) is 25.0 Å². The van der Waals surface area contributed by atoms with Crippen LogP contribution in [0.3, 0.4) is 0 Å². The van der Waals surface area contributed by atoms with Gasteiger partial charge in [-0.1, -0.05) is 60.7 Å². The van der Waals surface area contributed by atoms with Gasteiger partial charge in [0.15, 0.2) is 5.60 Å². The Balaban J connectivity index is 1.32. The van der Waals surface area contributed by atoms with Gasteiger partial charge in [0.25, 0.3) is 5.91 Å². The maximum absolute atomic E-state index is 13.7. The van der Waals surface area contributed by atoms with E-state index in [4.69, 9.17) is 4.74 Å². The van der Waals surface area contributed by atoms with Crippen LogP contribution < -0.4 is 0 Å². The lowest BCUT2D eigenvalue weighted by Gasteiger charge is -2.42. The summed E-state index contributed by atoms with van der Waals surface area (Å²) < 4.78 is 6.24. The third kappa shape index (κ3) is 4.31. The molecule has 5 nitrogen and oxygen atoms in total. The van der Waals surface area contributed by atoms with Gasteiger partial charge in [0.1, 0.15) is 0 Å². The van der Waals surface area contributed by atoms with Crippen LogP contribution in [-0.2, 0) is 22.5 Å². The number of carbonyl (C=O) groups is 1. The summed E-state index contributed by atoms with van der Waals surface area (Å²) in [6, 6.07) is 20.7. The molecule has 5 rings (SSSR count). The van der Waals surface area contributed by atoms with E-state index in [-0.39, 0.29) is 5.91 Å². The average Bonchev–Trinajstić information content (AvgIpc) is 2.98. The van der Waals surface area contributed by atoms with Crippen LogP contribution in [0.5, 0.6) is 0 Å². The third-order valence-electron chi connectivity index (χ3n) is 6.53. The number of amides is 1. The van der Waals surface area contributed by atoms with Gasteiger partial charge < -0.3 is 9.64 Å². The molecule has 164 valence electrons. The predicted octanol–water partition coefficient (Wildman–Crippen LogP) is 3.84. The highest BCUT2D eigenvalue weighted by Gasteiger charge is 2.45. The number of nitrogens with zero attached hydrogens (tertiary/aromatic N) is 3. The zero-order chi connectivity index (χ0) is 21.8. The molecule has 0 radical (unpaired) electrons. The van der Waals surface area contributed by atoms with Crippen molar-refractivity contribution < 1.29 is 9.53 Å². The third-order valence-corrected chi connectivity index (χ3v) is 6.53. The fraction of sp³-hybridized carbons (Fsp3) is 0.333. The number of fused-ring (bicyclic) bond motifs is 1. The van der Waals surface area contributed by atoms with Gasteiger partial charge in [0.2, 0.25) is 0 Å². The fourth-order valence-electron chi connectivity index (χ4n) is 4.81. The number of aromatic nitrogens is 1. The van der Waals surface area contributed by atoms with E-state index in [9.17, 15) is 4.79 Å². The molecule has 2 aliphatic rings. The predicted molar refractivity (Wildman–Crippen MR) is 126 cm³/mol. The van der Waals surface area contributed by atoms with Crippen molar-refractivity contribution in [3.63, 3.8) is 0 Å². The monoisotopic (exact) mass is 427 g/mol. The van der Waals surface area contributed by atoms with E-state index in [1.54, 1.807) is 0 Å². The first-order valence-corrected chi connectivity index (χ1v) is 11.4. The van der Waals surface area contributed by atoms with Gasteiger partial charge >= 0.3 is 0 Å². The molecule has 1 amide bonds. The quantitative estimate of drug-likeness (QED) is 0.581. The van der Waals surface area contributed by atoms with Crippen LogP contribution in [0.15, 0.2) is 79.0 Å². The van der Waals surface area contributed by atoms with Crippen LogP contribution in [0.25, 0.3) is 10.9 Å². The van der Waals surface area contributed by atoms with E-state index in [1.165, 1.54) is 16.5 Å². The normalized spacial score (nSPS) is 21.9. The summed E-state index contributed by atoms with van der Waals surface area (Å²) in [7, 11) is 0. The molecule has 1 atom stereocenters. The second-order valence-electron chi connectivity index (χ2n) is 8.70. The summed E-state index contributed by atoms with van der Waals surface area (Å²) in [6.07, 6.45) is 7.57. The van der Waals surface area contributed by atoms with Crippen LogP contribution in [-0.4, -0.2) is 59.1 Å². The van der Waals surface area contributed by atoms with Crippen LogP contribution in [0.2, 0.25) is 0 Å². The number of benzene rings is 2. The van der Waals surface area contributed by atoms with Crippen molar-refractivity contribution in [1.29, 1.82) is 0 Å². The summed E-state index contributed by atoms with van der Waals surface area (Å²) in [4.78, 5) is 22.5. The van der Waals surface area contributed by atoms with E-state index >= 15 is 0 Å². The molecule has 1 aromatic heterocycles. The minimum absolute atomic E-state index is 0.114. The van der Waals surface area contributed by atoms with Crippen molar-refractivity contribution in [2.45, 2.75) is 25.0 Å². The molecule has 5 heteroatoms. The van der Waals surface area contributed by atoms with E-state index < -0.39 is 5.60 Å². The van der Waals surface area contributed by atoms with Crippen molar-refractivity contribution >= 4 is 16.8 Å². The number of hydrogen-bond donors (Lipinski definition) is 0. The number of ether oxygens (including phenoxy) is 1. The maximum atomic E-state index is 13.7. The Kier molecular flexibility index (Phi) is 6.02. The lowest BCUT2D eigenvalue weighted by atomic mass is 9.95. The van der Waals surface area contributed by atoms with Crippen LogP contribution in [0.1, 0.15) is 17.5 Å². The van der Waals surface area contributed by atoms with Crippen molar-refractivity contribution in [2.75, 3.05) is 32.8 Å². The summed E-state index contributed by atoms with van der Waals surface area (Å²) in [6.45, 7) is 4.12. The molecule has 3 aromatic rings. The molecule has 32 heavy (non-hydrogen) atoms. The fourth-order valence-corrected chi connectivity index (χ4v) is 4.81. The van der Waals surface area contributed by atoms with Crippen LogP contribution >= 0.6 is 0 Å². The van der Waals surface area contributed by atoms with Gasteiger partial charge in [-0.2, -0.15) is 0 Å². The number of rotatable bonds is 5. The molecule has 0 saturated carbocycles. The lowest BCUT2D eigenvalue weighted by molar-refractivity contribution is -0.170. The molecule has 1 saturated heterocycles. The molecule has 2 aromatic carbocycles. The summed E-state index contributed by atoms with van der Waals surface area (Å²) in [5, 5.41) is 1.17. The number of carbonyl (C=O) groups excluding carboxylic acids is 1. The summed E-state index contributed by atoms with van der Waals surface area (Å²) in [5.74, 6) is 0.114. The zero-order valence-corrected chi connectivity index (χ0v) is 18.3. The molecule has 0 aliphatic carbocycles. The van der Waals surface area contributed by atoms with Gasteiger partial charge in [-0.15, -0.1) is 0 Å². The van der Waals surface area contributed by atoms with Gasteiger partial charge in [-0.05, 0) is 29.7 Å². The molecule has 0 bridgehead atoms. The minimum Gasteiger partial charge on any atom is -0.362 e. The Bertz CT molecular complexity index is 1110. The first-order chi connectivity index (χ1) is 15.7. The molecule has 2 aliphatic heterocycles. The molecule has 1 fully saturated rings.